The van der Waals surface area contributed by atoms with Gasteiger partial charge in [-0.25, -0.2) is 9.59 Å². The molecule has 4 amide bonds. The number of urea groups is 2. The number of amides is 4. The van der Waals surface area contributed by atoms with Crippen molar-refractivity contribution in [2.45, 2.75) is 6.18 Å². The maximum Gasteiger partial charge on any atom is 0.416 e. The molecule has 0 aliphatic heterocycles. The summed E-state index contributed by atoms with van der Waals surface area (Å²) in [4.78, 5) is 28.7. The molecule has 0 spiro atoms. The lowest BCUT2D eigenvalue weighted by atomic mass is 10.1. The van der Waals surface area contributed by atoms with Crippen LogP contribution in [0.15, 0.2) is 84.9 Å². The van der Waals surface area contributed by atoms with Crippen molar-refractivity contribution in [3.63, 3.8) is 0 Å². The number of fused-ring (bicyclic) bond motifs is 1. The van der Waals surface area contributed by atoms with Crippen molar-refractivity contribution in [2.24, 2.45) is 0 Å². The normalized spacial score (nSPS) is 11.2. The molecule has 16 heteroatoms. The second-order valence-corrected chi connectivity index (χ2v) is 11.4. The van der Waals surface area contributed by atoms with Gasteiger partial charge in [-0.2, -0.15) is 23.2 Å². The van der Waals surface area contributed by atoms with E-state index in [4.69, 9.17) is 44.3 Å². The van der Waals surface area contributed by atoms with Gasteiger partial charge in [0, 0.05) is 6.07 Å². The first-order chi connectivity index (χ1) is 23.2. The number of alkyl halides is 3. The summed E-state index contributed by atoms with van der Waals surface area (Å²) in [6.45, 7) is 0. The number of methoxy groups -OCH3 is 2. The quantitative estimate of drug-likeness (QED) is 0.129. The highest BCUT2D eigenvalue weighted by atomic mass is 35.5. The van der Waals surface area contributed by atoms with Crippen molar-refractivity contribution < 1.29 is 42.4 Å². The average Bonchev–Trinajstić information content (AvgIpc) is 3.07. The number of phenolic OH excluding ortho intramolecular Hbond substituents is 2. The summed E-state index contributed by atoms with van der Waals surface area (Å²) in [5.41, 5.74) is -2.33. The van der Waals surface area contributed by atoms with E-state index in [1.165, 1.54) is 50.6 Å². The van der Waals surface area contributed by atoms with Gasteiger partial charge in [-0.3, -0.25) is 0 Å². The Morgan fingerprint density at radius 3 is 1.96 bits per heavy atom. The number of rotatable bonds is 6. The fourth-order valence-electron chi connectivity index (χ4n) is 4.74. The topological polar surface area (TPSA) is 124 Å². The van der Waals surface area contributed by atoms with Crippen LogP contribution in [0.2, 0.25) is 15.1 Å². The molecule has 0 radical (unpaired) electrons. The fraction of sp³-hybridized carbons (Fsp3) is 0.0909. The first kappa shape index (κ1) is 35.1. The number of benzene rings is 5. The van der Waals surface area contributed by atoms with Crippen LogP contribution in [-0.4, -0.2) is 36.5 Å². The van der Waals surface area contributed by atoms with Crippen LogP contribution in [0.4, 0.5) is 45.5 Å². The number of nitrogens with one attached hydrogen (secondary N) is 2. The van der Waals surface area contributed by atoms with Crippen molar-refractivity contribution in [3.05, 3.63) is 106 Å². The number of ether oxygens (including phenoxy) is 2. The van der Waals surface area contributed by atoms with Gasteiger partial charge in [0.2, 0.25) is 0 Å². The van der Waals surface area contributed by atoms with Gasteiger partial charge in [0.15, 0.2) is 5.75 Å². The number of carbonyl (C=O) groups excluding carboxylic acids is 2. The van der Waals surface area contributed by atoms with Crippen LogP contribution >= 0.6 is 34.8 Å². The minimum Gasteiger partial charge on any atom is -0.506 e. The van der Waals surface area contributed by atoms with E-state index in [0.717, 1.165) is 18.2 Å². The molecule has 4 N–H and O–H groups in total. The summed E-state index contributed by atoms with van der Waals surface area (Å²) in [5.74, 6) is -0.775. The Morgan fingerprint density at radius 1 is 0.714 bits per heavy atom. The van der Waals surface area contributed by atoms with Gasteiger partial charge >= 0.3 is 18.2 Å². The molecule has 254 valence electrons. The van der Waals surface area contributed by atoms with Crippen molar-refractivity contribution in [3.8, 4) is 23.0 Å². The Labute approximate surface area is 291 Å². The number of anilines is 4. The number of hydrogen-bond donors (Lipinski definition) is 4. The smallest absolute Gasteiger partial charge is 0.416 e. The molecule has 0 saturated heterocycles. The van der Waals surface area contributed by atoms with Crippen LogP contribution in [0.5, 0.6) is 23.0 Å². The van der Waals surface area contributed by atoms with Gasteiger partial charge in [-0.05, 0) is 65.4 Å². The monoisotopic (exact) mass is 734 g/mol. The molecule has 0 saturated carbocycles. The molecule has 0 atom stereocenters. The zero-order valence-corrected chi connectivity index (χ0v) is 27.5. The van der Waals surface area contributed by atoms with Gasteiger partial charge < -0.3 is 30.3 Å². The lowest BCUT2D eigenvalue weighted by molar-refractivity contribution is -0.137. The highest BCUT2D eigenvalue weighted by molar-refractivity contribution is 6.43. The molecular weight excluding hydrogens is 712 g/mol. The third kappa shape index (κ3) is 7.28. The molecule has 5 aromatic carbocycles. The number of aromatic hydroxyl groups is 2. The van der Waals surface area contributed by atoms with Crippen molar-refractivity contribution >= 4 is 80.4 Å². The molecule has 0 aliphatic carbocycles. The highest BCUT2D eigenvalue weighted by Gasteiger charge is 2.36. The van der Waals surface area contributed by atoms with Crippen molar-refractivity contribution in [2.75, 3.05) is 34.9 Å². The van der Waals surface area contributed by atoms with Gasteiger partial charge in [0.05, 0.1) is 41.2 Å². The van der Waals surface area contributed by atoms with Crippen LogP contribution in [0.3, 0.4) is 0 Å². The number of halogens is 6. The average molecular weight is 736 g/mol. The van der Waals surface area contributed by atoms with Crippen molar-refractivity contribution in [1.82, 2.24) is 0 Å². The lowest BCUT2D eigenvalue weighted by Crippen LogP contribution is -2.54. The predicted octanol–water partition coefficient (Wildman–Crippen LogP) is 9.94. The molecule has 49 heavy (non-hydrogen) atoms. The predicted molar refractivity (Wildman–Crippen MR) is 183 cm³/mol. The Balaban J connectivity index is 1.74. The largest absolute Gasteiger partial charge is 0.506 e. The van der Waals surface area contributed by atoms with Gasteiger partial charge in [-0.15, -0.1) is 0 Å². The van der Waals surface area contributed by atoms with E-state index in [1.807, 2.05) is 0 Å². The summed E-state index contributed by atoms with van der Waals surface area (Å²) in [6, 6.07) is 16.0. The van der Waals surface area contributed by atoms with Crippen LogP contribution in [-0.2, 0) is 6.18 Å². The summed E-state index contributed by atoms with van der Waals surface area (Å²) in [7, 11) is 2.76. The van der Waals surface area contributed by atoms with E-state index in [2.05, 4.69) is 10.6 Å². The fourth-order valence-corrected chi connectivity index (χ4v) is 5.22. The summed E-state index contributed by atoms with van der Waals surface area (Å²) in [6.07, 6.45) is -4.80. The number of hydrogen-bond acceptors (Lipinski definition) is 6. The Bertz CT molecular complexity index is 2080. The van der Waals surface area contributed by atoms with Crippen LogP contribution in [0.1, 0.15) is 5.56 Å². The SMILES string of the molecule is COc1ccc(NC(=O)N(c2cc3ccccc3cc2O)N(C(=O)Nc2cc(C(F)(F)F)ccc2Cl)c2ccc(Cl)c(Cl)c2O)c(OC)c1. The summed E-state index contributed by atoms with van der Waals surface area (Å²) >= 11 is 18.5. The van der Waals surface area contributed by atoms with Gasteiger partial charge in [0.25, 0.3) is 0 Å². The molecule has 0 heterocycles. The van der Waals surface area contributed by atoms with Crippen LogP contribution in [0, 0.1) is 0 Å². The Morgan fingerprint density at radius 2 is 1.33 bits per heavy atom. The standard InChI is InChI=1S/C33H24Cl3F3N4O6/c1-48-20-8-11-23(28(16-20)49-2)40-31(46)43(26-13-17-5-3-4-6-18(17)14-27(26)44)42(25-12-10-22(35)29(36)30(25)45)32(47)41-24-15-19(33(37,38)39)7-9-21(24)34/h3-16,44-45H,1-2H3,(H,40,46)(H,41,47). The molecule has 0 fully saturated rings. The van der Waals surface area contributed by atoms with Crippen molar-refractivity contribution in [1.29, 1.82) is 0 Å². The molecular formula is C33H24Cl3F3N4O6. The number of phenols is 2. The highest BCUT2D eigenvalue weighted by Crippen LogP contribution is 2.43. The third-order valence-corrected chi connectivity index (χ3v) is 8.24. The van der Waals surface area contributed by atoms with E-state index in [0.29, 0.717) is 32.6 Å². The number of hydrazine groups is 1. The Kier molecular flexibility index (Phi) is 10.1. The molecule has 0 aliphatic rings. The van der Waals surface area contributed by atoms with E-state index in [9.17, 15) is 33.0 Å². The van der Waals surface area contributed by atoms with E-state index < -0.39 is 51.7 Å². The zero-order valence-electron chi connectivity index (χ0n) is 25.3. The number of carbonyl (C=O) groups is 2. The number of nitrogens with zero attached hydrogens (tertiary/aromatic N) is 2. The molecule has 10 nitrogen and oxygen atoms in total. The second kappa shape index (κ2) is 14.1. The van der Waals surface area contributed by atoms with Gasteiger partial charge in [-0.1, -0.05) is 59.1 Å². The minimum atomic E-state index is -4.80. The first-order valence-electron chi connectivity index (χ1n) is 13.9. The van der Waals surface area contributed by atoms with Crippen LogP contribution in [0.25, 0.3) is 10.8 Å². The zero-order chi connectivity index (χ0) is 35.6. The lowest BCUT2D eigenvalue weighted by Gasteiger charge is -2.35. The third-order valence-electron chi connectivity index (χ3n) is 7.12. The molecule has 5 aromatic rings. The van der Waals surface area contributed by atoms with Gasteiger partial charge in [0.1, 0.15) is 33.6 Å². The summed E-state index contributed by atoms with van der Waals surface area (Å²) in [5, 5.41) is 28.7. The first-order valence-corrected chi connectivity index (χ1v) is 15.1. The summed E-state index contributed by atoms with van der Waals surface area (Å²) < 4.78 is 51.4. The molecule has 0 unspecified atom stereocenters. The van der Waals surface area contributed by atoms with E-state index in [1.54, 1.807) is 24.3 Å². The minimum absolute atomic E-state index is 0.0817. The molecule has 5 rings (SSSR count). The maximum atomic E-state index is 14.4. The molecule has 0 bridgehead atoms. The van der Waals surface area contributed by atoms with E-state index in [-0.39, 0.29) is 27.2 Å². The van der Waals surface area contributed by atoms with Crippen LogP contribution < -0.4 is 30.1 Å². The van der Waals surface area contributed by atoms with E-state index >= 15 is 0 Å². The molecule has 0 aromatic heterocycles. The Hall–Kier alpha value is -5.24. The second-order valence-electron chi connectivity index (χ2n) is 10.2. The maximum absolute atomic E-state index is 14.4.